The lowest BCUT2D eigenvalue weighted by Crippen LogP contribution is -1.98. The van der Waals surface area contributed by atoms with Gasteiger partial charge in [-0.15, -0.1) is 0 Å². The first-order valence-corrected chi connectivity index (χ1v) is 5.56. The summed E-state index contributed by atoms with van der Waals surface area (Å²) in [4.78, 5) is 4.14. The van der Waals surface area contributed by atoms with Crippen molar-refractivity contribution in [3.05, 3.63) is 41.6 Å². The molecule has 15 heavy (non-hydrogen) atoms. The quantitative estimate of drug-likeness (QED) is 0.834. The van der Waals surface area contributed by atoms with Gasteiger partial charge in [0.25, 0.3) is 0 Å². The van der Waals surface area contributed by atoms with Crippen molar-refractivity contribution < 1.29 is 0 Å². The molecule has 0 unspecified atom stereocenters. The first-order valence-electron chi connectivity index (χ1n) is 4.75. The van der Waals surface area contributed by atoms with Crippen molar-refractivity contribution in [1.29, 1.82) is 0 Å². The van der Waals surface area contributed by atoms with Crippen LogP contribution in [0.25, 0.3) is 0 Å². The van der Waals surface area contributed by atoms with Crippen LogP contribution in [0.1, 0.15) is 11.1 Å². The van der Waals surface area contributed by atoms with Gasteiger partial charge in [-0.25, -0.2) is 4.98 Å². The SMILES string of the molecule is Cc1cccc(CNc2ncc(N)s2)c1. The average molecular weight is 219 g/mol. The fourth-order valence-corrected chi connectivity index (χ4v) is 1.95. The predicted molar refractivity (Wildman–Crippen MR) is 65.0 cm³/mol. The van der Waals surface area contributed by atoms with Crippen LogP contribution in [0.2, 0.25) is 0 Å². The normalized spacial score (nSPS) is 10.2. The Kier molecular flexibility index (Phi) is 2.87. The lowest BCUT2D eigenvalue weighted by atomic mass is 10.1. The minimum Gasteiger partial charge on any atom is -0.389 e. The highest BCUT2D eigenvalue weighted by Gasteiger charge is 1.98. The third-order valence-electron chi connectivity index (χ3n) is 2.05. The zero-order chi connectivity index (χ0) is 10.7. The van der Waals surface area contributed by atoms with E-state index in [4.69, 9.17) is 5.73 Å². The predicted octanol–water partition coefficient (Wildman–Crippen LogP) is 2.65. The molecule has 0 fully saturated rings. The van der Waals surface area contributed by atoms with Crippen LogP contribution >= 0.6 is 11.3 Å². The molecule has 4 heteroatoms. The van der Waals surface area contributed by atoms with Gasteiger partial charge < -0.3 is 11.1 Å². The maximum Gasteiger partial charge on any atom is 0.184 e. The molecule has 0 radical (unpaired) electrons. The number of benzene rings is 1. The standard InChI is InChI=1S/C11H13N3S/c1-8-3-2-4-9(5-8)6-13-11-14-7-10(12)15-11/h2-5,7H,6,12H2,1H3,(H,13,14). The summed E-state index contributed by atoms with van der Waals surface area (Å²) in [5.41, 5.74) is 8.11. The summed E-state index contributed by atoms with van der Waals surface area (Å²) in [7, 11) is 0. The Morgan fingerprint density at radius 3 is 3.00 bits per heavy atom. The van der Waals surface area contributed by atoms with Crippen molar-refractivity contribution in [3.8, 4) is 0 Å². The number of aryl methyl sites for hydroxylation is 1. The van der Waals surface area contributed by atoms with E-state index in [1.807, 2.05) is 0 Å². The van der Waals surface area contributed by atoms with Crippen LogP contribution in [-0.2, 0) is 6.54 Å². The molecule has 3 N–H and O–H groups in total. The maximum absolute atomic E-state index is 5.59. The van der Waals surface area contributed by atoms with Crippen molar-refractivity contribution >= 4 is 21.5 Å². The van der Waals surface area contributed by atoms with E-state index in [2.05, 4.69) is 41.5 Å². The molecule has 0 aliphatic carbocycles. The van der Waals surface area contributed by atoms with Crippen LogP contribution < -0.4 is 11.1 Å². The van der Waals surface area contributed by atoms with Gasteiger partial charge in [0, 0.05) is 6.54 Å². The molecule has 0 spiro atoms. The van der Waals surface area contributed by atoms with Crippen molar-refractivity contribution in [3.63, 3.8) is 0 Å². The summed E-state index contributed by atoms with van der Waals surface area (Å²) < 4.78 is 0. The molecule has 0 aliphatic rings. The van der Waals surface area contributed by atoms with Crippen LogP contribution in [0.15, 0.2) is 30.5 Å². The van der Waals surface area contributed by atoms with Gasteiger partial charge in [-0.05, 0) is 12.5 Å². The van der Waals surface area contributed by atoms with Gasteiger partial charge in [0.15, 0.2) is 5.13 Å². The summed E-state index contributed by atoms with van der Waals surface area (Å²) >= 11 is 1.47. The number of anilines is 2. The lowest BCUT2D eigenvalue weighted by molar-refractivity contribution is 1.13. The number of hydrogen-bond donors (Lipinski definition) is 2. The van der Waals surface area contributed by atoms with Crippen LogP contribution in [0.3, 0.4) is 0 Å². The van der Waals surface area contributed by atoms with Gasteiger partial charge in [-0.2, -0.15) is 0 Å². The molecule has 0 amide bonds. The molecular weight excluding hydrogens is 206 g/mol. The molecule has 1 aromatic carbocycles. The minimum absolute atomic E-state index is 0.738. The first-order chi connectivity index (χ1) is 7.24. The number of hydrogen-bond acceptors (Lipinski definition) is 4. The molecule has 0 atom stereocenters. The van der Waals surface area contributed by atoms with Crippen LogP contribution in [0.4, 0.5) is 10.1 Å². The largest absolute Gasteiger partial charge is 0.389 e. The maximum atomic E-state index is 5.59. The Morgan fingerprint density at radius 2 is 2.33 bits per heavy atom. The summed E-state index contributed by atoms with van der Waals surface area (Å²) in [6.45, 7) is 2.87. The smallest absolute Gasteiger partial charge is 0.184 e. The second-order valence-electron chi connectivity index (χ2n) is 3.41. The summed E-state index contributed by atoms with van der Waals surface area (Å²) in [6, 6.07) is 8.40. The molecule has 0 saturated carbocycles. The molecule has 1 aromatic heterocycles. The Balaban J connectivity index is 1.99. The second-order valence-corrected chi connectivity index (χ2v) is 4.47. The van der Waals surface area contributed by atoms with E-state index in [0.717, 1.165) is 16.7 Å². The van der Waals surface area contributed by atoms with Crippen LogP contribution in [-0.4, -0.2) is 4.98 Å². The van der Waals surface area contributed by atoms with Crippen molar-refractivity contribution in [1.82, 2.24) is 4.98 Å². The summed E-state index contributed by atoms with van der Waals surface area (Å²) in [5.74, 6) is 0. The fraction of sp³-hybridized carbons (Fsp3) is 0.182. The number of nitrogens with one attached hydrogen (secondary N) is 1. The van der Waals surface area contributed by atoms with Gasteiger partial charge in [0.1, 0.15) is 5.00 Å². The lowest BCUT2D eigenvalue weighted by Gasteiger charge is -2.03. The van der Waals surface area contributed by atoms with Gasteiger partial charge >= 0.3 is 0 Å². The van der Waals surface area contributed by atoms with Gasteiger partial charge in [-0.1, -0.05) is 41.2 Å². The van der Waals surface area contributed by atoms with Gasteiger partial charge in [-0.3, -0.25) is 0 Å². The molecule has 3 nitrogen and oxygen atoms in total. The van der Waals surface area contributed by atoms with Crippen molar-refractivity contribution in [2.45, 2.75) is 13.5 Å². The number of nitrogens with zero attached hydrogens (tertiary/aromatic N) is 1. The Bertz CT molecular complexity index is 451. The minimum atomic E-state index is 0.738. The second kappa shape index (κ2) is 4.31. The van der Waals surface area contributed by atoms with Crippen molar-refractivity contribution in [2.24, 2.45) is 0 Å². The number of nitrogen functional groups attached to an aromatic ring is 1. The van der Waals surface area contributed by atoms with E-state index in [-0.39, 0.29) is 0 Å². The number of nitrogens with two attached hydrogens (primary N) is 1. The third kappa shape index (κ3) is 2.70. The van der Waals surface area contributed by atoms with Crippen LogP contribution in [0.5, 0.6) is 0 Å². The highest BCUT2D eigenvalue weighted by molar-refractivity contribution is 7.19. The molecule has 2 rings (SSSR count). The Hall–Kier alpha value is -1.55. The molecule has 0 aliphatic heterocycles. The van der Waals surface area contributed by atoms with E-state index in [1.54, 1.807) is 6.20 Å². The van der Waals surface area contributed by atoms with Gasteiger partial charge in [0.2, 0.25) is 0 Å². The Labute approximate surface area is 93.0 Å². The molecule has 2 aromatic rings. The zero-order valence-electron chi connectivity index (χ0n) is 8.53. The molecular formula is C11H13N3S. The fourth-order valence-electron chi connectivity index (χ4n) is 1.37. The van der Waals surface area contributed by atoms with E-state index in [9.17, 15) is 0 Å². The number of aromatic nitrogens is 1. The summed E-state index contributed by atoms with van der Waals surface area (Å²) in [5, 5.41) is 4.84. The highest BCUT2D eigenvalue weighted by Crippen LogP contribution is 2.20. The monoisotopic (exact) mass is 219 g/mol. The van der Waals surface area contributed by atoms with E-state index in [1.165, 1.54) is 22.5 Å². The summed E-state index contributed by atoms with van der Waals surface area (Å²) in [6.07, 6.45) is 1.67. The molecule has 78 valence electrons. The van der Waals surface area contributed by atoms with Gasteiger partial charge in [0.05, 0.1) is 6.20 Å². The van der Waals surface area contributed by atoms with E-state index >= 15 is 0 Å². The van der Waals surface area contributed by atoms with E-state index in [0.29, 0.717) is 0 Å². The molecule has 0 saturated heterocycles. The zero-order valence-corrected chi connectivity index (χ0v) is 9.34. The average Bonchev–Trinajstić information content (AvgIpc) is 2.62. The number of rotatable bonds is 3. The molecule has 0 bridgehead atoms. The topological polar surface area (TPSA) is 50.9 Å². The highest BCUT2D eigenvalue weighted by atomic mass is 32.1. The molecule has 1 heterocycles. The third-order valence-corrected chi connectivity index (χ3v) is 2.83. The first kappa shape index (κ1) is 9.98. The van der Waals surface area contributed by atoms with Crippen LogP contribution in [0, 0.1) is 6.92 Å². The Morgan fingerprint density at radius 1 is 1.47 bits per heavy atom. The van der Waals surface area contributed by atoms with E-state index < -0.39 is 0 Å². The van der Waals surface area contributed by atoms with Crippen molar-refractivity contribution in [2.75, 3.05) is 11.1 Å². The number of thiazole rings is 1.